The maximum Gasteiger partial charge on any atom is 0.414 e. The van der Waals surface area contributed by atoms with E-state index in [4.69, 9.17) is 37.9 Å². The molecule has 3 rings (SSSR count). The highest BCUT2D eigenvalue weighted by Gasteiger charge is 2.28. The summed E-state index contributed by atoms with van der Waals surface area (Å²) in [6.07, 6.45) is 2.60. The number of nitrogens with one attached hydrogen (secondary N) is 3. The lowest BCUT2D eigenvalue weighted by Gasteiger charge is -2.26. The van der Waals surface area contributed by atoms with Gasteiger partial charge in [0.25, 0.3) is 5.91 Å². The van der Waals surface area contributed by atoms with Gasteiger partial charge < -0.3 is 14.2 Å². The van der Waals surface area contributed by atoms with Crippen LogP contribution < -0.4 is 24.9 Å². The van der Waals surface area contributed by atoms with E-state index in [1.54, 1.807) is 13.0 Å². The number of hydrogen-bond donors (Lipinski definition) is 3. The first-order chi connectivity index (χ1) is 18.1. The van der Waals surface area contributed by atoms with Gasteiger partial charge in [0.1, 0.15) is 11.0 Å². The summed E-state index contributed by atoms with van der Waals surface area (Å²) >= 11 is 12.6. The van der Waals surface area contributed by atoms with Crippen LogP contribution in [0, 0.1) is 11.3 Å². The number of ether oxygens (including phenoxy) is 3. The Kier molecular flexibility index (Phi) is 9.70. The smallest absolute Gasteiger partial charge is 0.414 e. The van der Waals surface area contributed by atoms with Gasteiger partial charge in [-0.25, -0.2) is 22.9 Å². The second-order valence-corrected chi connectivity index (χ2v) is 10.1. The largest absolute Gasteiger partial charge is 0.494 e. The van der Waals surface area contributed by atoms with Crippen molar-refractivity contribution in [2.24, 2.45) is 5.10 Å². The molecular weight excluding hydrogens is 563 g/mol. The number of imide groups is 1. The standard InChI is InChI=1S/C22H22Cl2N6O7S/c1-3-36-22(32)27-21(31)16(10-25)29-28-13-7-14(23)20(15(24)8-13)37-19-9-18(17(35-2)11-26-19)38(33,34)30-12-5-4-6-12/h7-9,11-12,28,30H,3-6H2,1-2H3,(H,27,31,32)/b29-16-. The number of nitrogens with zero attached hydrogens (tertiary/aromatic N) is 3. The molecule has 0 spiro atoms. The number of methoxy groups -OCH3 is 1. The molecule has 16 heteroatoms. The van der Waals surface area contributed by atoms with Crippen molar-refractivity contribution in [3.8, 4) is 23.4 Å². The van der Waals surface area contributed by atoms with Crippen molar-refractivity contribution in [1.29, 1.82) is 5.26 Å². The Bertz CT molecular complexity index is 1380. The van der Waals surface area contributed by atoms with Crippen LogP contribution in [0.15, 0.2) is 34.4 Å². The summed E-state index contributed by atoms with van der Waals surface area (Å²) in [5, 5.41) is 14.6. The van der Waals surface area contributed by atoms with E-state index in [9.17, 15) is 18.0 Å². The molecule has 38 heavy (non-hydrogen) atoms. The Morgan fingerprint density at radius 1 is 1.24 bits per heavy atom. The summed E-state index contributed by atoms with van der Waals surface area (Å²) in [6, 6.07) is 5.23. The molecule has 0 radical (unpaired) electrons. The van der Waals surface area contributed by atoms with Crippen LogP contribution in [0.5, 0.6) is 17.4 Å². The van der Waals surface area contributed by atoms with Crippen molar-refractivity contribution in [2.45, 2.75) is 37.1 Å². The van der Waals surface area contributed by atoms with Gasteiger partial charge >= 0.3 is 6.09 Å². The fraction of sp³-hybridized carbons (Fsp3) is 0.318. The average Bonchev–Trinajstić information content (AvgIpc) is 2.84. The molecule has 1 fully saturated rings. The third-order valence-corrected chi connectivity index (χ3v) is 7.16. The van der Waals surface area contributed by atoms with E-state index in [2.05, 4.69) is 25.0 Å². The highest BCUT2D eigenvalue weighted by atomic mass is 35.5. The molecule has 0 atom stereocenters. The number of alkyl carbamates (subject to hydrolysis) is 1. The molecule has 1 aliphatic carbocycles. The van der Waals surface area contributed by atoms with E-state index < -0.39 is 27.7 Å². The molecule has 3 N–H and O–H groups in total. The third kappa shape index (κ3) is 7.23. The van der Waals surface area contributed by atoms with Gasteiger partial charge in [0.05, 0.1) is 35.6 Å². The van der Waals surface area contributed by atoms with Crippen molar-refractivity contribution in [1.82, 2.24) is 15.0 Å². The van der Waals surface area contributed by atoms with Crippen molar-refractivity contribution in [3.63, 3.8) is 0 Å². The molecule has 1 aliphatic rings. The monoisotopic (exact) mass is 584 g/mol. The van der Waals surface area contributed by atoms with Crippen LogP contribution in [-0.4, -0.2) is 50.9 Å². The summed E-state index contributed by atoms with van der Waals surface area (Å²) in [6.45, 7) is 1.58. The zero-order chi connectivity index (χ0) is 27.9. The minimum Gasteiger partial charge on any atom is -0.494 e. The van der Waals surface area contributed by atoms with Gasteiger partial charge in [0.15, 0.2) is 11.5 Å². The van der Waals surface area contributed by atoms with Crippen molar-refractivity contribution < 1.29 is 32.2 Å². The SMILES string of the molecule is CCOC(=O)NC(=O)/C(C#N)=N\Nc1cc(Cl)c(Oc2cc(S(=O)(=O)NC3CCC3)c(OC)cn2)c(Cl)c1. The lowest BCUT2D eigenvalue weighted by atomic mass is 9.94. The molecular formula is C22H22Cl2N6O7S. The summed E-state index contributed by atoms with van der Waals surface area (Å²) in [7, 11) is -2.60. The minimum atomic E-state index is -3.91. The zero-order valence-electron chi connectivity index (χ0n) is 20.1. The van der Waals surface area contributed by atoms with Crippen LogP contribution in [0.4, 0.5) is 10.5 Å². The molecule has 0 aliphatic heterocycles. The number of rotatable bonds is 10. The molecule has 2 amide bonds. The Hall–Kier alpha value is -3.64. The highest BCUT2D eigenvalue weighted by Crippen LogP contribution is 2.39. The van der Waals surface area contributed by atoms with Gasteiger partial charge in [-0.1, -0.05) is 29.6 Å². The summed E-state index contributed by atoms with van der Waals surface area (Å²) < 4.78 is 43.7. The molecule has 2 aromatic rings. The highest BCUT2D eigenvalue weighted by molar-refractivity contribution is 7.89. The predicted molar refractivity (Wildman–Crippen MR) is 137 cm³/mol. The number of anilines is 1. The summed E-state index contributed by atoms with van der Waals surface area (Å²) in [5.41, 5.74) is 1.93. The first-order valence-electron chi connectivity index (χ1n) is 11.0. The Morgan fingerprint density at radius 3 is 2.47 bits per heavy atom. The van der Waals surface area contributed by atoms with Gasteiger partial charge in [-0.05, 0) is 31.9 Å². The molecule has 1 aromatic heterocycles. The zero-order valence-corrected chi connectivity index (χ0v) is 22.4. The third-order valence-electron chi connectivity index (χ3n) is 5.06. The van der Waals surface area contributed by atoms with Crippen LogP contribution in [0.1, 0.15) is 26.2 Å². The fourth-order valence-corrected chi connectivity index (χ4v) is 5.05. The number of pyridine rings is 1. The van der Waals surface area contributed by atoms with Gasteiger partial charge in [0.2, 0.25) is 21.6 Å². The van der Waals surface area contributed by atoms with Gasteiger partial charge in [-0.3, -0.25) is 15.5 Å². The molecule has 0 bridgehead atoms. The Balaban J connectivity index is 1.79. The molecule has 0 saturated heterocycles. The first-order valence-corrected chi connectivity index (χ1v) is 13.3. The lowest BCUT2D eigenvalue weighted by molar-refractivity contribution is -0.114. The number of halogens is 2. The summed E-state index contributed by atoms with van der Waals surface area (Å²) in [5.74, 6) is -1.22. The predicted octanol–water partition coefficient (Wildman–Crippen LogP) is 3.58. The maximum absolute atomic E-state index is 12.9. The maximum atomic E-state index is 12.9. The number of benzene rings is 1. The van der Waals surface area contributed by atoms with Crippen LogP contribution in [-0.2, 0) is 19.6 Å². The number of carbonyl (C=O) groups excluding carboxylic acids is 2. The normalized spacial score (nSPS) is 13.6. The molecule has 1 aromatic carbocycles. The van der Waals surface area contributed by atoms with E-state index in [0.29, 0.717) is 0 Å². The fourth-order valence-electron chi connectivity index (χ4n) is 3.03. The van der Waals surface area contributed by atoms with E-state index >= 15 is 0 Å². The number of aromatic nitrogens is 1. The van der Waals surface area contributed by atoms with Crippen molar-refractivity contribution in [2.75, 3.05) is 19.1 Å². The van der Waals surface area contributed by atoms with Gasteiger partial charge in [-0.15, -0.1) is 0 Å². The molecule has 1 saturated carbocycles. The number of sulfonamides is 1. The molecule has 202 valence electrons. The summed E-state index contributed by atoms with van der Waals surface area (Å²) in [4.78, 5) is 27.2. The Labute approximate surface area is 228 Å². The topological polar surface area (TPSA) is 181 Å². The average molecular weight is 585 g/mol. The second-order valence-electron chi connectivity index (χ2n) is 7.65. The van der Waals surface area contributed by atoms with Gasteiger partial charge in [0, 0.05) is 12.1 Å². The minimum absolute atomic E-state index is 0.0269. The van der Waals surface area contributed by atoms with Crippen molar-refractivity contribution in [3.05, 3.63) is 34.4 Å². The van der Waals surface area contributed by atoms with Gasteiger partial charge in [-0.2, -0.15) is 10.4 Å². The molecule has 1 heterocycles. The quantitative estimate of drug-likeness (QED) is 0.275. The van der Waals surface area contributed by atoms with Crippen LogP contribution in [0.25, 0.3) is 0 Å². The molecule has 0 unspecified atom stereocenters. The Morgan fingerprint density at radius 2 is 1.92 bits per heavy atom. The number of carbonyl (C=O) groups is 2. The van der Waals surface area contributed by atoms with Crippen molar-refractivity contribution >= 4 is 56.6 Å². The van der Waals surface area contributed by atoms with Crippen LogP contribution >= 0.6 is 23.2 Å². The second kappa shape index (κ2) is 12.7. The van der Waals surface area contributed by atoms with E-state index in [1.807, 2.05) is 5.32 Å². The van der Waals surface area contributed by atoms with E-state index in [0.717, 1.165) is 19.3 Å². The van der Waals surface area contributed by atoms with E-state index in [-0.39, 0.29) is 50.7 Å². The first kappa shape index (κ1) is 28.9. The number of amides is 2. The number of hydrazone groups is 1. The van der Waals surface area contributed by atoms with Crippen LogP contribution in [0.2, 0.25) is 10.0 Å². The molecule has 13 nitrogen and oxygen atoms in total. The lowest BCUT2D eigenvalue weighted by Crippen LogP contribution is -2.39. The van der Waals surface area contributed by atoms with E-state index in [1.165, 1.54) is 31.5 Å². The number of nitriles is 1. The number of hydrogen-bond acceptors (Lipinski definition) is 11. The van der Waals surface area contributed by atoms with Crippen LogP contribution in [0.3, 0.4) is 0 Å².